The summed E-state index contributed by atoms with van der Waals surface area (Å²) >= 11 is 0. The van der Waals surface area contributed by atoms with Gasteiger partial charge in [-0.2, -0.15) is 0 Å². The standard InChI is InChI=1S/C14H23N3/c1-5-15-12-10-8-6-7-9-11(10)16-13(17-12)14(2,3)4/h5-9H2,1-4H3,(H,15,16,17). The molecule has 1 N–H and O–H groups in total. The van der Waals surface area contributed by atoms with E-state index in [2.05, 4.69) is 33.0 Å². The van der Waals surface area contributed by atoms with Crippen molar-refractivity contribution in [2.45, 2.75) is 58.8 Å². The van der Waals surface area contributed by atoms with Gasteiger partial charge >= 0.3 is 0 Å². The fraction of sp³-hybridized carbons (Fsp3) is 0.714. The van der Waals surface area contributed by atoms with Crippen molar-refractivity contribution in [3.63, 3.8) is 0 Å². The second-order valence-corrected chi connectivity index (χ2v) is 5.81. The van der Waals surface area contributed by atoms with E-state index in [4.69, 9.17) is 9.97 Å². The molecule has 0 spiro atoms. The summed E-state index contributed by atoms with van der Waals surface area (Å²) in [6.07, 6.45) is 4.77. The van der Waals surface area contributed by atoms with Crippen LogP contribution < -0.4 is 5.32 Å². The molecule has 1 aliphatic rings. The second kappa shape index (κ2) is 4.63. The normalized spacial score (nSPS) is 15.5. The van der Waals surface area contributed by atoms with Crippen molar-refractivity contribution in [3.8, 4) is 0 Å². The summed E-state index contributed by atoms with van der Waals surface area (Å²) in [7, 11) is 0. The number of aromatic nitrogens is 2. The minimum Gasteiger partial charge on any atom is -0.370 e. The van der Waals surface area contributed by atoms with E-state index in [0.717, 1.165) is 31.0 Å². The Labute approximate surface area is 104 Å². The van der Waals surface area contributed by atoms with Crippen molar-refractivity contribution in [1.29, 1.82) is 0 Å². The van der Waals surface area contributed by atoms with Crippen LogP contribution in [-0.4, -0.2) is 16.5 Å². The molecule has 94 valence electrons. The number of aryl methyl sites for hydroxylation is 1. The summed E-state index contributed by atoms with van der Waals surface area (Å²) in [5, 5.41) is 3.40. The molecule has 1 heterocycles. The monoisotopic (exact) mass is 233 g/mol. The molecule has 0 aliphatic heterocycles. The minimum absolute atomic E-state index is 0.0245. The number of nitrogens with one attached hydrogen (secondary N) is 1. The van der Waals surface area contributed by atoms with Crippen LogP contribution in [0.5, 0.6) is 0 Å². The maximum absolute atomic E-state index is 4.78. The Morgan fingerprint density at radius 1 is 1.12 bits per heavy atom. The lowest BCUT2D eigenvalue weighted by Crippen LogP contribution is -2.21. The Kier molecular flexibility index (Phi) is 3.36. The molecule has 1 aliphatic carbocycles. The molecule has 0 saturated heterocycles. The highest BCUT2D eigenvalue weighted by molar-refractivity contribution is 5.48. The Morgan fingerprint density at radius 3 is 2.47 bits per heavy atom. The summed E-state index contributed by atoms with van der Waals surface area (Å²) < 4.78 is 0. The summed E-state index contributed by atoms with van der Waals surface area (Å²) in [5.41, 5.74) is 2.65. The van der Waals surface area contributed by atoms with Gasteiger partial charge in [-0.05, 0) is 32.6 Å². The van der Waals surface area contributed by atoms with E-state index < -0.39 is 0 Å². The third kappa shape index (κ3) is 2.59. The molecule has 0 unspecified atom stereocenters. The quantitative estimate of drug-likeness (QED) is 0.853. The lowest BCUT2D eigenvalue weighted by atomic mass is 9.92. The van der Waals surface area contributed by atoms with Gasteiger partial charge in [-0.1, -0.05) is 20.8 Å². The molecule has 0 bridgehead atoms. The third-order valence-corrected chi connectivity index (χ3v) is 3.20. The smallest absolute Gasteiger partial charge is 0.136 e. The van der Waals surface area contributed by atoms with Crippen molar-refractivity contribution >= 4 is 5.82 Å². The van der Waals surface area contributed by atoms with Crippen molar-refractivity contribution in [2.75, 3.05) is 11.9 Å². The van der Waals surface area contributed by atoms with Gasteiger partial charge in [0.1, 0.15) is 11.6 Å². The van der Waals surface area contributed by atoms with E-state index in [0.29, 0.717) is 0 Å². The maximum Gasteiger partial charge on any atom is 0.136 e. The van der Waals surface area contributed by atoms with Gasteiger partial charge in [0.25, 0.3) is 0 Å². The molecule has 3 heteroatoms. The highest BCUT2D eigenvalue weighted by atomic mass is 15.0. The van der Waals surface area contributed by atoms with Gasteiger partial charge < -0.3 is 5.32 Å². The third-order valence-electron chi connectivity index (χ3n) is 3.20. The SMILES string of the molecule is CCNc1nc(C(C)(C)C)nc2c1CCCC2. The van der Waals surface area contributed by atoms with E-state index in [1.54, 1.807) is 0 Å². The van der Waals surface area contributed by atoms with E-state index in [1.165, 1.54) is 24.1 Å². The van der Waals surface area contributed by atoms with Gasteiger partial charge in [0.15, 0.2) is 0 Å². The van der Waals surface area contributed by atoms with E-state index in [9.17, 15) is 0 Å². The molecule has 17 heavy (non-hydrogen) atoms. The van der Waals surface area contributed by atoms with Gasteiger partial charge in [-0.15, -0.1) is 0 Å². The van der Waals surface area contributed by atoms with Crippen LogP contribution in [0.3, 0.4) is 0 Å². The average molecular weight is 233 g/mol. The van der Waals surface area contributed by atoms with Crippen LogP contribution >= 0.6 is 0 Å². The van der Waals surface area contributed by atoms with Gasteiger partial charge in [0.05, 0.1) is 0 Å². The Morgan fingerprint density at radius 2 is 1.82 bits per heavy atom. The number of hydrogen-bond donors (Lipinski definition) is 1. The van der Waals surface area contributed by atoms with Crippen LogP contribution in [0, 0.1) is 0 Å². The first kappa shape index (κ1) is 12.3. The van der Waals surface area contributed by atoms with Gasteiger partial charge in [0, 0.05) is 23.2 Å². The molecule has 0 aromatic carbocycles. The average Bonchev–Trinajstić information content (AvgIpc) is 2.28. The van der Waals surface area contributed by atoms with Crippen molar-refractivity contribution in [1.82, 2.24) is 9.97 Å². The van der Waals surface area contributed by atoms with Crippen LogP contribution in [0.4, 0.5) is 5.82 Å². The number of rotatable bonds is 2. The largest absolute Gasteiger partial charge is 0.370 e. The Balaban J connectivity index is 2.48. The zero-order chi connectivity index (χ0) is 12.5. The fourth-order valence-electron chi connectivity index (χ4n) is 2.24. The first-order chi connectivity index (χ1) is 8.02. The highest BCUT2D eigenvalue weighted by Gasteiger charge is 2.23. The lowest BCUT2D eigenvalue weighted by molar-refractivity contribution is 0.533. The summed E-state index contributed by atoms with van der Waals surface area (Å²) in [4.78, 5) is 9.50. The Bertz CT molecular complexity index is 405. The summed E-state index contributed by atoms with van der Waals surface area (Å²) in [5.74, 6) is 2.04. The zero-order valence-corrected chi connectivity index (χ0v) is 11.4. The van der Waals surface area contributed by atoms with Crippen LogP contribution in [0.2, 0.25) is 0 Å². The highest BCUT2D eigenvalue weighted by Crippen LogP contribution is 2.28. The lowest BCUT2D eigenvalue weighted by Gasteiger charge is -2.24. The van der Waals surface area contributed by atoms with Gasteiger partial charge in [-0.3, -0.25) is 0 Å². The molecule has 3 nitrogen and oxygen atoms in total. The number of hydrogen-bond acceptors (Lipinski definition) is 3. The molecule has 0 saturated carbocycles. The van der Waals surface area contributed by atoms with Gasteiger partial charge in [0.2, 0.25) is 0 Å². The molecular formula is C14H23N3. The topological polar surface area (TPSA) is 37.8 Å². The van der Waals surface area contributed by atoms with Crippen LogP contribution in [0.1, 0.15) is 57.6 Å². The minimum atomic E-state index is 0.0245. The first-order valence-corrected chi connectivity index (χ1v) is 6.66. The molecule has 1 aromatic heterocycles. The van der Waals surface area contributed by atoms with Crippen LogP contribution in [0.15, 0.2) is 0 Å². The molecule has 2 rings (SSSR count). The van der Waals surface area contributed by atoms with E-state index >= 15 is 0 Å². The molecular weight excluding hydrogens is 210 g/mol. The maximum atomic E-state index is 4.78. The molecule has 0 amide bonds. The predicted octanol–water partition coefficient (Wildman–Crippen LogP) is 3.08. The molecule has 1 aromatic rings. The van der Waals surface area contributed by atoms with Crippen LogP contribution in [0.25, 0.3) is 0 Å². The molecule has 0 fully saturated rings. The number of fused-ring (bicyclic) bond motifs is 1. The van der Waals surface area contributed by atoms with E-state index in [-0.39, 0.29) is 5.41 Å². The molecule has 0 atom stereocenters. The van der Waals surface area contributed by atoms with Gasteiger partial charge in [-0.25, -0.2) is 9.97 Å². The predicted molar refractivity (Wildman–Crippen MR) is 71.5 cm³/mol. The van der Waals surface area contributed by atoms with Crippen molar-refractivity contribution < 1.29 is 0 Å². The zero-order valence-electron chi connectivity index (χ0n) is 11.4. The van der Waals surface area contributed by atoms with Crippen molar-refractivity contribution in [2.24, 2.45) is 0 Å². The van der Waals surface area contributed by atoms with Crippen molar-refractivity contribution in [3.05, 3.63) is 17.1 Å². The van der Waals surface area contributed by atoms with Crippen LogP contribution in [-0.2, 0) is 18.3 Å². The second-order valence-electron chi connectivity index (χ2n) is 5.81. The fourth-order valence-corrected chi connectivity index (χ4v) is 2.24. The number of nitrogens with zero attached hydrogens (tertiary/aromatic N) is 2. The first-order valence-electron chi connectivity index (χ1n) is 6.66. The summed E-state index contributed by atoms with van der Waals surface area (Å²) in [6.45, 7) is 9.56. The molecule has 0 radical (unpaired) electrons. The Hall–Kier alpha value is -1.12. The summed E-state index contributed by atoms with van der Waals surface area (Å²) in [6, 6.07) is 0. The number of anilines is 1. The van der Waals surface area contributed by atoms with E-state index in [1.807, 2.05) is 0 Å².